The van der Waals surface area contributed by atoms with Crippen molar-refractivity contribution in [3.8, 4) is 17.6 Å². The molecule has 0 aliphatic carbocycles. The number of rotatable bonds is 5. The van der Waals surface area contributed by atoms with Crippen LogP contribution in [0.15, 0.2) is 40.9 Å². The number of nitrogens with one attached hydrogen (secondary N) is 1. The van der Waals surface area contributed by atoms with Crippen molar-refractivity contribution in [3.05, 3.63) is 52.1 Å². The van der Waals surface area contributed by atoms with Crippen molar-refractivity contribution in [2.24, 2.45) is 0 Å². The predicted molar refractivity (Wildman–Crippen MR) is 123 cm³/mol. The highest BCUT2D eigenvalue weighted by Gasteiger charge is 2.20. The molecule has 164 valence electrons. The number of nitrogens with zero attached hydrogens (tertiary/aromatic N) is 2. The lowest BCUT2D eigenvalue weighted by Crippen LogP contribution is -2.35. The minimum absolute atomic E-state index is 0.0894. The molecule has 0 fully saturated rings. The third-order valence-electron chi connectivity index (χ3n) is 3.88. The quantitative estimate of drug-likeness (QED) is 0.630. The molecule has 1 N–H and O–H groups in total. The van der Waals surface area contributed by atoms with Gasteiger partial charge in [0.1, 0.15) is 11.4 Å². The van der Waals surface area contributed by atoms with Crippen LogP contribution in [0.4, 0.5) is 10.6 Å². The fraction of sp³-hybridized carbons (Fsp3) is 0.348. The Bertz CT molecular complexity index is 992. The van der Waals surface area contributed by atoms with Gasteiger partial charge in [-0.2, -0.15) is 0 Å². The van der Waals surface area contributed by atoms with Crippen molar-refractivity contribution in [2.75, 3.05) is 26.0 Å². The first-order chi connectivity index (χ1) is 14.6. The highest BCUT2D eigenvalue weighted by molar-refractivity contribution is 9.10. The lowest BCUT2D eigenvalue weighted by Gasteiger charge is -2.24. The second kappa shape index (κ2) is 10.8. The number of hydrogen-bond acceptors (Lipinski definition) is 5. The van der Waals surface area contributed by atoms with Gasteiger partial charge in [0.15, 0.2) is 11.4 Å². The second-order valence-corrected chi connectivity index (χ2v) is 8.54. The van der Waals surface area contributed by atoms with Gasteiger partial charge in [0.25, 0.3) is 0 Å². The number of pyridine rings is 1. The Balaban J connectivity index is 2.08. The summed E-state index contributed by atoms with van der Waals surface area (Å²) in [5.74, 6) is 6.53. The summed E-state index contributed by atoms with van der Waals surface area (Å²) in [7, 11) is 3.11. The summed E-state index contributed by atoms with van der Waals surface area (Å²) in [6.45, 7) is 5.57. The van der Waals surface area contributed by atoms with Gasteiger partial charge < -0.3 is 19.7 Å². The van der Waals surface area contributed by atoms with Crippen LogP contribution in [0.5, 0.6) is 5.75 Å². The molecule has 0 radical (unpaired) electrons. The minimum Gasteiger partial charge on any atom is -0.493 e. The Labute approximate surface area is 191 Å². The number of halogens is 1. The van der Waals surface area contributed by atoms with E-state index in [2.05, 4.69) is 38.1 Å². The van der Waals surface area contributed by atoms with Crippen LogP contribution in [-0.4, -0.2) is 48.2 Å². The van der Waals surface area contributed by atoms with E-state index >= 15 is 0 Å². The van der Waals surface area contributed by atoms with Gasteiger partial charge in [0, 0.05) is 25.6 Å². The number of carbonyl (C=O) groups excluding carboxylic acids is 2. The third-order valence-corrected chi connectivity index (χ3v) is 4.47. The van der Waals surface area contributed by atoms with E-state index in [9.17, 15) is 9.59 Å². The zero-order valence-electron chi connectivity index (χ0n) is 18.3. The Kier molecular flexibility index (Phi) is 8.46. The van der Waals surface area contributed by atoms with Gasteiger partial charge in [0.2, 0.25) is 5.91 Å². The summed E-state index contributed by atoms with van der Waals surface area (Å²) in [4.78, 5) is 30.1. The molecule has 2 aromatic rings. The first-order valence-corrected chi connectivity index (χ1v) is 10.4. The SMILES string of the molecule is COc1c(Br)cc(NC(=O)CCN(C)C(=O)OC(C)(C)C)nc1C#Cc1ccccc1. The van der Waals surface area contributed by atoms with Crippen molar-refractivity contribution in [3.63, 3.8) is 0 Å². The van der Waals surface area contributed by atoms with E-state index in [1.165, 1.54) is 12.0 Å². The number of aromatic nitrogens is 1. The van der Waals surface area contributed by atoms with Gasteiger partial charge in [-0.1, -0.05) is 24.1 Å². The monoisotopic (exact) mass is 487 g/mol. The van der Waals surface area contributed by atoms with Gasteiger partial charge in [-0.15, -0.1) is 0 Å². The molecule has 0 atom stereocenters. The highest BCUT2D eigenvalue weighted by atomic mass is 79.9. The van der Waals surface area contributed by atoms with E-state index in [1.54, 1.807) is 33.9 Å². The van der Waals surface area contributed by atoms with Crippen molar-refractivity contribution >= 4 is 33.7 Å². The molecule has 1 aromatic heterocycles. The van der Waals surface area contributed by atoms with E-state index in [1.807, 2.05) is 30.3 Å². The van der Waals surface area contributed by atoms with Gasteiger partial charge in [-0.3, -0.25) is 4.79 Å². The maximum absolute atomic E-state index is 12.4. The first-order valence-electron chi connectivity index (χ1n) is 9.64. The Hall–Kier alpha value is -3.05. The van der Waals surface area contributed by atoms with Crippen LogP contribution in [0.25, 0.3) is 0 Å². The molecule has 1 heterocycles. The number of carbonyl (C=O) groups is 2. The smallest absolute Gasteiger partial charge is 0.410 e. The number of anilines is 1. The molecule has 1 aromatic carbocycles. The largest absolute Gasteiger partial charge is 0.493 e. The van der Waals surface area contributed by atoms with Crippen LogP contribution >= 0.6 is 15.9 Å². The fourth-order valence-electron chi connectivity index (χ4n) is 2.40. The summed E-state index contributed by atoms with van der Waals surface area (Å²) in [5, 5.41) is 2.73. The molecule has 0 aliphatic rings. The number of amides is 2. The summed E-state index contributed by atoms with van der Waals surface area (Å²) in [5.41, 5.74) is 0.633. The summed E-state index contributed by atoms with van der Waals surface area (Å²) < 4.78 is 11.3. The molecule has 0 unspecified atom stereocenters. The van der Waals surface area contributed by atoms with Crippen LogP contribution in [-0.2, 0) is 9.53 Å². The van der Waals surface area contributed by atoms with Crippen LogP contribution in [0.2, 0.25) is 0 Å². The summed E-state index contributed by atoms with van der Waals surface area (Å²) >= 11 is 3.43. The topological polar surface area (TPSA) is 80.8 Å². The highest BCUT2D eigenvalue weighted by Crippen LogP contribution is 2.30. The van der Waals surface area contributed by atoms with E-state index < -0.39 is 11.7 Å². The molecule has 7 nitrogen and oxygen atoms in total. The third kappa shape index (κ3) is 7.95. The van der Waals surface area contributed by atoms with Crippen molar-refractivity contribution in [1.82, 2.24) is 9.88 Å². The van der Waals surface area contributed by atoms with Gasteiger partial charge in [-0.05, 0) is 60.8 Å². The molecule has 31 heavy (non-hydrogen) atoms. The van der Waals surface area contributed by atoms with Crippen LogP contribution < -0.4 is 10.1 Å². The van der Waals surface area contributed by atoms with E-state index in [0.29, 0.717) is 21.7 Å². The molecule has 0 bridgehead atoms. The van der Waals surface area contributed by atoms with E-state index in [0.717, 1.165) is 5.56 Å². The van der Waals surface area contributed by atoms with Crippen LogP contribution in [0.1, 0.15) is 38.4 Å². The first kappa shape index (κ1) is 24.2. The standard InChI is InChI=1S/C23H26BrN3O4/c1-23(2,3)31-22(29)27(4)14-13-20(28)26-19-15-17(24)21(30-5)18(25-19)12-11-16-9-7-6-8-10-16/h6-10,15H,13-14H2,1-5H3,(H,25,26,28). The van der Waals surface area contributed by atoms with E-state index in [-0.39, 0.29) is 18.9 Å². The zero-order chi connectivity index (χ0) is 23.0. The summed E-state index contributed by atoms with van der Waals surface area (Å²) in [6, 6.07) is 11.1. The van der Waals surface area contributed by atoms with Crippen molar-refractivity contribution in [2.45, 2.75) is 32.8 Å². The normalized spacial score (nSPS) is 10.5. The number of methoxy groups -OCH3 is 1. The maximum atomic E-state index is 12.4. The molecule has 8 heteroatoms. The number of ether oxygens (including phenoxy) is 2. The predicted octanol–water partition coefficient (Wildman–Crippen LogP) is 4.45. The molecule has 0 saturated heterocycles. The number of hydrogen-bond donors (Lipinski definition) is 1. The average Bonchev–Trinajstić information content (AvgIpc) is 2.69. The van der Waals surface area contributed by atoms with Crippen molar-refractivity contribution in [1.29, 1.82) is 0 Å². The molecule has 0 saturated carbocycles. The molecular weight excluding hydrogens is 462 g/mol. The average molecular weight is 488 g/mol. The second-order valence-electron chi connectivity index (χ2n) is 7.69. The van der Waals surface area contributed by atoms with Crippen molar-refractivity contribution < 1.29 is 19.1 Å². The molecule has 2 rings (SSSR count). The van der Waals surface area contributed by atoms with Gasteiger partial charge >= 0.3 is 6.09 Å². The molecule has 2 amide bonds. The van der Waals surface area contributed by atoms with Gasteiger partial charge in [0.05, 0.1) is 11.6 Å². The molecular formula is C23H26BrN3O4. The Morgan fingerprint density at radius 1 is 1.19 bits per heavy atom. The maximum Gasteiger partial charge on any atom is 0.410 e. The van der Waals surface area contributed by atoms with Crippen LogP contribution in [0, 0.1) is 11.8 Å². The van der Waals surface area contributed by atoms with Gasteiger partial charge in [-0.25, -0.2) is 9.78 Å². The lowest BCUT2D eigenvalue weighted by atomic mass is 10.2. The minimum atomic E-state index is -0.593. The molecule has 0 aliphatic heterocycles. The summed E-state index contributed by atoms with van der Waals surface area (Å²) in [6.07, 6.45) is -0.393. The van der Waals surface area contributed by atoms with Crippen LogP contribution in [0.3, 0.4) is 0 Å². The Morgan fingerprint density at radius 2 is 1.87 bits per heavy atom. The zero-order valence-corrected chi connectivity index (χ0v) is 19.9. The molecule has 0 spiro atoms. The number of benzene rings is 1. The lowest BCUT2D eigenvalue weighted by molar-refractivity contribution is -0.116. The fourth-order valence-corrected chi connectivity index (χ4v) is 2.97. The van der Waals surface area contributed by atoms with E-state index in [4.69, 9.17) is 9.47 Å². The Morgan fingerprint density at radius 3 is 2.48 bits per heavy atom.